The van der Waals surface area contributed by atoms with Gasteiger partial charge in [-0.05, 0) is 39.0 Å². The van der Waals surface area contributed by atoms with Gasteiger partial charge in [0.25, 0.3) is 0 Å². The summed E-state index contributed by atoms with van der Waals surface area (Å²) in [6.07, 6.45) is 7.74. The Bertz CT molecular complexity index is 163. The number of hydrogen-bond donors (Lipinski definition) is 1. The van der Waals surface area contributed by atoms with Crippen molar-refractivity contribution in [2.24, 2.45) is 0 Å². The molecule has 0 heterocycles. The lowest BCUT2D eigenvalue weighted by Crippen LogP contribution is -2.16. The van der Waals surface area contributed by atoms with Crippen LogP contribution >= 0.6 is 0 Å². The van der Waals surface area contributed by atoms with E-state index < -0.39 is 0 Å². The van der Waals surface area contributed by atoms with Crippen molar-refractivity contribution < 1.29 is 9.84 Å². The van der Waals surface area contributed by atoms with Crippen molar-refractivity contribution in [1.82, 2.24) is 0 Å². The van der Waals surface area contributed by atoms with Gasteiger partial charge in [0.2, 0.25) is 0 Å². The van der Waals surface area contributed by atoms with E-state index in [1.54, 1.807) is 0 Å². The topological polar surface area (TPSA) is 29.5 Å². The van der Waals surface area contributed by atoms with Gasteiger partial charge in [0, 0.05) is 6.61 Å². The monoisotopic (exact) mass is 184 g/mol. The van der Waals surface area contributed by atoms with Crippen molar-refractivity contribution in [2.75, 3.05) is 13.2 Å². The largest absolute Gasteiger partial charge is 0.390 e. The third-order valence-corrected chi connectivity index (χ3v) is 2.40. The summed E-state index contributed by atoms with van der Waals surface area (Å²) in [4.78, 5) is 0. The van der Waals surface area contributed by atoms with Gasteiger partial charge in [-0.25, -0.2) is 0 Å². The minimum atomic E-state index is -0.302. The molecule has 0 aromatic carbocycles. The number of ether oxygens (including phenoxy) is 1. The third kappa shape index (κ3) is 4.44. The summed E-state index contributed by atoms with van der Waals surface area (Å²) in [7, 11) is 0. The normalized spacial score (nSPS) is 19.7. The van der Waals surface area contributed by atoms with Crippen LogP contribution in [0.2, 0.25) is 0 Å². The maximum absolute atomic E-state index is 9.57. The number of hydrogen-bond acceptors (Lipinski definition) is 2. The fourth-order valence-electron chi connectivity index (χ4n) is 1.71. The molecule has 1 atom stereocenters. The Morgan fingerprint density at radius 2 is 2.38 bits per heavy atom. The summed E-state index contributed by atoms with van der Waals surface area (Å²) < 4.78 is 5.16. The van der Waals surface area contributed by atoms with Crippen LogP contribution in [0.4, 0.5) is 0 Å². The predicted molar refractivity (Wildman–Crippen MR) is 53.7 cm³/mol. The van der Waals surface area contributed by atoms with Crippen LogP contribution in [0.25, 0.3) is 0 Å². The summed E-state index contributed by atoms with van der Waals surface area (Å²) >= 11 is 0. The van der Waals surface area contributed by atoms with Crippen LogP contribution in [0, 0.1) is 0 Å². The fourth-order valence-corrected chi connectivity index (χ4v) is 1.71. The highest BCUT2D eigenvalue weighted by molar-refractivity contribution is 5.06. The lowest BCUT2D eigenvalue weighted by molar-refractivity contribution is 0.0424. The van der Waals surface area contributed by atoms with Gasteiger partial charge in [-0.3, -0.25) is 0 Å². The zero-order valence-corrected chi connectivity index (χ0v) is 8.46. The Labute approximate surface area is 80.6 Å². The fraction of sp³-hybridized carbons (Fsp3) is 0.818. The molecule has 1 unspecified atom stereocenters. The van der Waals surface area contributed by atoms with Crippen LogP contribution in [0.1, 0.15) is 39.0 Å². The predicted octanol–water partition coefficient (Wildman–Crippen LogP) is 2.27. The summed E-state index contributed by atoms with van der Waals surface area (Å²) in [5.41, 5.74) is 1.42. The van der Waals surface area contributed by atoms with E-state index in [2.05, 4.69) is 6.08 Å². The lowest BCUT2D eigenvalue weighted by atomic mass is 9.95. The minimum Gasteiger partial charge on any atom is -0.390 e. The van der Waals surface area contributed by atoms with E-state index in [4.69, 9.17) is 4.74 Å². The van der Waals surface area contributed by atoms with E-state index in [1.807, 2.05) is 6.92 Å². The molecule has 0 spiro atoms. The highest BCUT2D eigenvalue weighted by Crippen LogP contribution is 2.21. The SMILES string of the molecule is CCOCC(O)CC1=CCCCC1. The molecule has 1 aliphatic rings. The molecule has 0 aliphatic heterocycles. The molecule has 0 saturated heterocycles. The maximum Gasteiger partial charge on any atom is 0.0810 e. The summed E-state index contributed by atoms with van der Waals surface area (Å²) in [6.45, 7) is 3.12. The van der Waals surface area contributed by atoms with Gasteiger partial charge in [-0.2, -0.15) is 0 Å². The Hall–Kier alpha value is -0.340. The molecule has 76 valence electrons. The van der Waals surface area contributed by atoms with Crippen molar-refractivity contribution in [1.29, 1.82) is 0 Å². The number of allylic oxidation sites excluding steroid dienone is 1. The first-order valence-corrected chi connectivity index (χ1v) is 5.26. The van der Waals surface area contributed by atoms with Gasteiger partial charge in [-0.15, -0.1) is 0 Å². The molecule has 0 aromatic heterocycles. The molecule has 1 aliphatic carbocycles. The first-order chi connectivity index (χ1) is 6.33. The second kappa shape index (κ2) is 6.17. The van der Waals surface area contributed by atoms with E-state index in [1.165, 1.54) is 31.3 Å². The molecule has 0 saturated carbocycles. The average molecular weight is 184 g/mol. The van der Waals surface area contributed by atoms with E-state index >= 15 is 0 Å². The van der Waals surface area contributed by atoms with Crippen LogP contribution in [0.5, 0.6) is 0 Å². The number of aliphatic hydroxyl groups is 1. The van der Waals surface area contributed by atoms with Gasteiger partial charge in [0.1, 0.15) is 0 Å². The van der Waals surface area contributed by atoms with Gasteiger partial charge in [-0.1, -0.05) is 11.6 Å². The van der Waals surface area contributed by atoms with Crippen LogP contribution < -0.4 is 0 Å². The quantitative estimate of drug-likeness (QED) is 0.664. The van der Waals surface area contributed by atoms with E-state index in [9.17, 15) is 5.11 Å². The molecular weight excluding hydrogens is 164 g/mol. The van der Waals surface area contributed by atoms with Crippen LogP contribution in [-0.2, 0) is 4.74 Å². The zero-order chi connectivity index (χ0) is 9.52. The van der Waals surface area contributed by atoms with Crippen molar-refractivity contribution >= 4 is 0 Å². The Morgan fingerprint density at radius 1 is 1.54 bits per heavy atom. The molecule has 0 fully saturated rings. The van der Waals surface area contributed by atoms with Crippen molar-refractivity contribution in [3.8, 4) is 0 Å². The minimum absolute atomic E-state index is 0.302. The Morgan fingerprint density at radius 3 is 3.00 bits per heavy atom. The average Bonchev–Trinajstić information content (AvgIpc) is 2.16. The van der Waals surface area contributed by atoms with Crippen LogP contribution in [-0.4, -0.2) is 24.4 Å². The smallest absolute Gasteiger partial charge is 0.0810 e. The summed E-state index contributed by atoms with van der Waals surface area (Å²) in [5.74, 6) is 0. The van der Waals surface area contributed by atoms with E-state index in [0.29, 0.717) is 13.2 Å². The van der Waals surface area contributed by atoms with Gasteiger partial charge in [0.05, 0.1) is 12.7 Å². The molecule has 2 nitrogen and oxygen atoms in total. The second-order valence-corrected chi connectivity index (χ2v) is 3.63. The lowest BCUT2D eigenvalue weighted by Gasteiger charge is -2.16. The van der Waals surface area contributed by atoms with Gasteiger partial charge >= 0.3 is 0 Å². The highest BCUT2D eigenvalue weighted by atomic mass is 16.5. The van der Waals surface area contributed by atoms with Crippen molar-refractivity contribution in [2.45, 2.75) is 45.1 Å². The zero-order valence-electron chi connectivity index (χ0n) is 8.46. The molecule has 1 N–H and O–H groups in total. The Balaban J connectivity index is 2.18. The Kier molecular flexibility index (Phi) is 5.09. The maximum atomic E-state index is 9.57. The molecule has 2 heteroatoms. The number of rotatable bonds is 5. The van der Waals surface area contributed by atoms with Gasteiger partial charge in [0.15, 0.2) is 0 Å². The summed E-state index contributed by atoms with van der Waals surface area (Å²) in [6, 6.07) is 0. The van der Waals surface area contributed by atoms with Crippen molar-refractivity contribution in [3.63, 3.8) is 0 Å². The highest BCUT2D eigenvalue weighted by Gasteiger charge is 2.09. The van der Waals surface area contributed by atoms with Crippen molar-refractivity contribution in [3.05, 3.63) is 11.6 Å². The van der Waals surface area contributed by atoms with Gasteiger partial charge < -0.3 is 9.84 Å². The standard InChI is InChI=1S/C11H20O2/c1-2-13-9-11(12)8-10-6-4-3-5-7-10/h6,11-12H,2-5,7-9H2,1H3. The second-order valence-electron chi connectivity index (χ2n) is 3.63. The van der Waals surface area contributed by atoms with E-state index in [-0.39, 0.29) is 6.10 Å². The summed E-state index contributed by atoms with van der Waals surface area (Å²) in [5, 5.41) is 9.57. The van der Waals surface area contributed by atoms with E-state index in [0.717, 1.165) is 6.42 Å². The molecule has 0 bridgehead atoms. The molecule has 0 aromatic rings. The third-order valence-electron chi connectivity index (χ3n) is 2.40. The molecule has 0 radical (unpaired) electrons. The molecular formula is C11H20O2. The van der Waals surface area contributed by atoms with Crippen LogP contribution in [0.15, 0.2) is 11.6 Å². The molecule has 0 amide bonds. The molecule has 13 heavy (non-hydrogen) atoms. The van der Waals surface area contributed by atoms with Crippen LogP contribution in [0.3, 0.4) is 0 Å². The number of aliphatic hydroxyl groups excluding tert-OH is 1. The molecule has 1 rings (SSSR count). The first kappa shape index (κ1) is 10.7. The first-order valence-electron chi connectivity index (χ1n) is 5.26.